The molecular formula is C22H18N2O2S2. The number of benzene rings is 2. The summed E-state index contributed by atoms with van der Waals surface area (Å²) in [6, 6.07) is 23.8. The van der Waals surface area contributed by atoms with Gasteiger partial charge in [0.2, 0.25) is 5.91 Å². The third-order valence-corrected chi connectivity index (χ3v) is 5.76. The minimum atomic E-state index is -0.0425. The van der Waals surface area contributed by atoms with Crippen molar-refractivity contribution < 1.29 is 9.21 Å². The fourth-order valence-electron chi connectivity index (χ4n) is 2.72. The lowest BCUT2D eigenvalue weighted by molar-refractivity contribution is -0.118. The van der Waals surface area contributed by atoms with E-state index in [1.165, 1.54) is 11.8 Å². The van der Waals surface area contributed by atoms with Crippen molar-refractivity contribution in [2.75, 3.05) is 5.75 Å². The van der Waals surface area contributed by atoms with Gasteiger partial charge in [0.15, 0.2) is 5.76 Å². The first-order valence-corrected chi connectivity index (χ1v) is 10.7. The maximum atomic E-state index is 12.1. The van der Waals surface area contributed by atoms with Crippen molar-refractivity contribution in [3.63, 3.8) is 0 Å². The Bertz CT molecular complexity index is 972. The van der Waals surface area contributed by atoms with Crippen molar-refractivity contribution in [3.8, 4) is 22.6 Å². The first kappa shape index (κ1) is 18.5. The Morgan fingerprint density at radius 1 is 0.964 bits per heavy atom. The number of hydrogen-bond acceptors (Lipinski definition) is 5. The van der Waals surface area contributed by atoms with Crippen molar-refractivity contribution in [2.45, 2.75) is 11.8 Å². The normalized spacial score (nSPS) is 10.7. The highest BCUT2D eigenvalue weighted by Gasteiger charge is 2.17. The van der Waals surface area contributed by atoms with Crippen LogP contribution in [0.5, 0.6) is 0 Å². The second kappa shape index (κ2) is 8.91. The molecule has 0 aliphatic rings. The molecule has 140 valence electrons. The molecule has 0 saturated carbocycles. The SMILES string of the molecule is O=C(CSc1nc(-c2ccccc2)c(-c2ccccc2)o1)NCc1cccs1. The zero-order valence-electron chi connectivity index (χ0n) is 15.0. The number of oxazole rings is 1. The first-order chi connectivity index (χ1) is 13.8. The maximum Gasteiger partial charge on any atom is 0.257 e. The number of carbonyl (C=O) groups excluding carboxylic acids is 1. The highest BCUT2D eigenvalue weighted by atomic mass is 32.2. The van der Waals surface area contributed by atoms with Crippen molar-refractivity contribution in [1.29, 1.82) is 0 Å². The van der Waals surface area contributed by atoms with Crippen molar-refractivity contribution in [1.82, 2.24) is 10.3 Å². The van der Waals surface area contributed by atoms with Crippen molar-refractivity contribution in [3.05, 3.63) is 83.1 Å². The second-order valence-electron chi connectivity index (χ2n) is 6.03. The monoisotopic (exact) mass is 406 g/mol. The number of thioether (sulfide) groups is 1. The third-order valence-electron chi connectivity index (χ3n) is 4.06. The molecule has 0 unspecified atom stereocenters. The smallest absolute Gasteiger partial charge is 0.257 e. The van der Waals surface area contributed by atoms with Crippen LogP contribution in [0.15, 0.2) is 87.8 Å². The van der Waals surface area contributed by atoms with Gasteiger partial charge in [-0.2, -0.15) is 0 Å². The van der Waals surface area contributed by atoms with Gasteiger partial charge >= 0.3 is 0 Å². The summed E-state index contributed by atoms with van der Waals surface area (Å²) in [6.45, 7) is 0.549. The molecule has 2 heterocycles. The number of rotatable bonds is 7. The van der Waals surface area contributed by atoms with Crippen LogP contribution in [0.3, 0.4) is 0 Å². The van der Waals surface area contributed by atoms with Gasteiger partial charge in [0, 0.05) is 16.0 Å². The van der Waals surface area contributed by atoms with E-state index in [4.69, 9.17) is 4.42 Å². The number of aromatic nitrogens is 1. The van der Waals surface area contributed by atoms with Crippen LogP contribution in [-0.4, -0.2) is 16.6 Å². The first-order valence-electron chi connectivity index (χ1n) is 8.83. The van der Waals surface area contributed by atoms with E-state index in [1.54, 1.807) is 11.3 Å². The van der Waals surface area contributed by atoms with Gasteiger partial charge in [-0.1, -0.05) is 78.5 Å². The number of thiophene rings is 1. The molecule has 28 heavy (non-hydrogen) atoms. The van der Waals surface area contributed by atoms with Crippen LogP contribution >= 0.6 is 23.1 Å². The highest BCUT2D eigenvalue weighted by molar-refractivity contribution is 7.99. The molecule has 4 nitrogen and oxygen atoms in total. The van der Waals surface area contributed by atoms with Crippen LogP contribution in [-0.2, 0) is 11.3 Å². The molecule has 0 fully saturated rings. The molecule has 0 aliphatic heterocycles. The van der Waals surface area contributed by atoms with Crippen LogP contribution in [0, 0.1) is 0 Å². The molecular weight excluding hydrogens is 388 g/mol. The quantitative estimate of drug-likeness (QED) is 0.413. The minimum Gasteiger partial charge on any atom is -0.431 e. The summed E-state index contributed by atoms with van der Waals surface area (Å²) < 4.78 is 6.03. The van der Waals surface area contributed by atoms with Crippen LogP contribution in [0.1, 0.15) is 4.88 Å². The van der Waals surface area contributed by atoms with E-state index in [1.807, 2.05) is 78.2 Å². The third kappa shape index (κ3) is 4.52. The lowest BCUT2D eigenvalue weighted by Gasteiger charge is -2.01. The summed E-state index contributed by atoms with van der Waals surface area (Å²) in [6.07, 6.45) is 0. The van der Waals surface area contributed by atoms with E-state index in [2.05, 4.69) is 10.3 Å². The van der Waals surface area contributed by atoms with Gasteiger partial charge < -0.3 is 9.73 Å². The number of hydrogen-bond donors (Lipinski definition) is 1. The van der Waals surface area contributed by atoms with Gasteiger partial charge in [0.05, 0.1) is 12.3 Å². The predicted molar refractivity (Wildman–Crippen MR) is 114 cm³/mol. The summed E-state index contributed by atoms with van der Waals surface area (Å²) in [7, 11) is 0. The molecule has 0 radical (unpaired) electrons. The Kier molecular flexibility index (Phi) is 5.89. The predicted octanol–water partition coefficient (Wildman–Crippen LogP) is 5.48. The number of amides is 1. The molecule has 1 amide bonds. The minimum absolute atomic E-state index is 0.0425. The lowest BCUT2D eigenvalue weighted by Crippen LogP contribution is -2.24. The Hall–Kier alpha value is -2.83. The molecule has 4 rings (SSSR count). The van der Waals surface area contributed by atoms with Gasteiger partial charge in [-0.3, -0.25) is 4.79 Å². The molecule has 0 bridgehead atoms. The fourth-order valence-corrected chi connectivity index (χ4v) is 4.02. The van der Waals surface area contributed by atoms with E-state index in [9.17, 15) is 4.79 Å². The molecule has 2 aromatic carbocycles. The highest BCUT2D eigenvalue weighted by Crippen LogP contribution is 2.35. The van der Waals surface area contributed by atoms with Crippen molar-refractivity contribution in [2.24, 2.45) is 0 Å². The lowest BCUT2D eigenvalue weighted by atomic mass is 10.1. The molecule has 0 atom stereocenters. The molecule has 0 saturated heterocycles. The molecule has 0 aliphatic carbocycles. The van der Waals surface area contributed by atoms with E-state index in [0.717, 1.165) is 21.7 Å². The second-order valence-corrected chi connectivity index (χ2v) is 7.99. The van der Waals surface area contributed by atoms with E-state index >= 15 is 0 Å². The summed E-state index contributed by atoms with van der Waals surface area (Å²) in [5.74, 6) is 0.932. The van der Waals surface area contributed by atoms with Gasteiger partial charge in [0.25, 0.3) is 5.22 Å². The van der Waals surface area contributed by atoms with Crippen LogP contribution in [0.25, 0.3) is 22.6 Å². The van der Waals surface area contributed by atoms with Crippen LogP contribution in [0.2, 0.25) is 0 Å². The van der Waals surface area contributed by atoms with Crippen LogP contribution in [0.4, 0.5) is 0 Å². The molecule has 6 heteroatoms. The number of nitrogens with zero attached hydrogens (tertiary/aromatic N) is 1. The van der Waals surface area contributed by atoms with Gasteiger partial charge in [-0.25, -0.2) is 4.98 Å². The molecule has 1 N–H and O–H groups in total. The summed E-state index contributed by atoms with van der Waals surface area (Å²) in [5.41, 5.74) is 2.73. The largest absolute Gasteiger partial charge is 0.431 e. The van der Waals surface area contributed by atoms with E-state index in [0.29, 0.717) is 17.5 Å². The Balaban J connectivity index is 1.50. The zero-order valence-corrected chi connectivity index (χ0v) is 16.6. The summed E-state index contributed by atoms with van der Waals surface area (Å²) in [4.78, 5) is 17.9. The summed E-state index contributed by atoms with van der Waals surface area (Å²) in [5, 5.41) is 5.41. The molecule has 2 aromatic heterocycles. The van der Waals surface area contributed by atoms with Gasteiger partial charge in [-0.15, -0.1) is 11.3 Å². The topological polar surface area (TPSA) is 55.1 Å². The summed E-state index contributed by atoms with van der Waals surface area (Å²) >= 11 is 2.93. The average molecular weight is 407 g/mol. The Morgan fingerprint density at radius 2 is 1.68 bits per heavy atom. The van der Waals surface area contributed by atoms with Gasteiger partial charge in [-0.05, 0) is 11.4 Å². The Labute approximate surface area is 171 Å². The number of carbonyl (C=O) groups is 1. The number of nitrogens with one attached hydrogen (secondary N) is 1. The van der Waals surface area contributed by atoms with Crippen LogP contribution < -0.4 is 5.32 Å². The Morgan fingerprint density at radius 3 is 2.36 bits per heavy atom. The maximum absolute atomic E-state index is 12.1. The fraction of sp³-hybridized carbons (Fsp3) is 0.0909. The van der Waals surface area contributed by atoms with E-state index < -0.39 is 0 Å². The van der Waals surface area contributed by atoms with Crippen molar-refractivity contribution >= 4 is 29.0 Å². The van der Waals surface area contributed by atoms with Gasteiger partial charge in [0.1, 0.15) is 5.69 Å². The average Bonchev–Trinajstić information content (AvgIpc) is 3.42. The molecule has 0 spiro atoms. The standard InChI is InChI=1S/C22H18N2O2S2/c25-19(23-14-18-12-7-13-27-18)15-28-22-24-20(16-8-3-1-4-9-16)21(26-22)17-10-5-2-6-11-17/h1-13H,14-15H2,(H,23,25). The zero-order chi connectivity index (χ0) is 19.2. The van der Waals surface area contributed by atoms with E-state index in [-0.39, 0.29) is 11.7 Å². The molecule has 4 aromatic rings.